The van der Waals surface area contributed by atoms with Crippen LogP contribution < -0.4 is 11.1 Å². The molecule has 0 spiro atoms. The minimum Gasteiger partial charge on any atom is -0.480 e. The summed E-state index contributed by atoms with van der Waals surface area (Å²) in [5.74, 6) is -2.96. The second-order valence-electron chi connectivity index (χ2n) is 4.44. The van der Waals surface area contributed by atoms with E-state index in [1.807, 2.05) is 0 Å². The van der Waals surface area contributed by atoms with E-state index in [4.69, 9.17) is 10.8 Å². The molecule has 0 saturated heterocycles. The van der Waals surface area contributed by atoms with Crippen molar-refractivity contribution in [2.75, 3.05) is 0 Å². The molecule has 1 aromatic carbocycles. The number of nitrogens with two attached hydrogens (primary N) is 1. The van der Waals surface area contributed by atoms with Crippen molar-refractivity contribution in [2.45, 2.75) is 25.1 Å². The molecule has 22 heavy (non-hydrogen) atoms. The average molecular weight is 318 g/mol. The number of carboxylic acids is 1. The number of carboxylic acid groups (broad SMARTS) is 1. The summed E-state index contributed by atoms with van der Waals surface area (Å²) in [5, 5.41) is 11.0. The van der Waals surface area contributed by atoms with Crippen LogP contribution >= 0.6 is 0 Å². The van der Waals surface area contributed by atoms with Crippen LogP contribution in [0.25, 0.3) is 0 Å². The molecule has 0 bridgehead atoms. The molecule has 1 unspecified atom stereocenters. The summed E-state index contributed by atoms with van der Waals surface area (Å²) < 4.78 is 37.2. The molecule has 0 aromatic heterocycles. The fourth-order valence-electron chi connectivity index (χ4n) is 1.60. The van der Waals surface area contributed by atoms with E-state index in [9.17, 15) is 27.6 Å². The van der Waals surface area contributed by atoms with Gasteiger partial charge in [-0.25, -0.2) is 4.79 Å². The van der Waals surface area contributed by atoms with Gasteiger partial charge >= 0.3 is 12.1 Å². The minimum atomic E-state index is -4.53. The summed E-state index contributed by atoms with van der Waals surface area (Å²) >= 11 is 0. The van der Waals surface area contributed by atoms with Gasteiger partial charge in [-0.05, 0) is 30.7 Å². The van der Waals surface area contributed by atoms with Crippen molar-refractivity contribution in [1.82, 2.24) is 5.32 Å². The SMILES string of the molecule is NC(=O)CCC(NC(=O)c1ccc(C(F)(F)F)cc1)C(=O)O. The van der Waals surface area contributed by atoms with Crippen LogP contribution in [-0.4, -0.2) is 28.9 Å². The van der Waals surface area contributed by atoms with Crippen LogP contribution in [0.1, 0.15) is 28.8 Å². The lowest BCUT2D eigenvalue weighted by Crippen LogP contribution is -2.41. The first-order valence-electron chi connectivity index (χ1n) is 6.10. The molecule has 0 radical (unpaired) electrons. The molecule has 2 amide bonds. The number of alkyl halides is 3. The highest BCUT2D eigenvalue weighted by Crippen LogP contribution is 2.29. The topological polar surface area (TPSA) is 109 Å². The number of hydrogen-bond donors (Lipinski definition) is 3. The molecular weight excluding hydrogens is 305 g/mol. The predicted molar refractivity (Wildman–Crippen MR) is 68.8 cm³/mol. The van der Waals surface area contributed by atoms with Gasteiger partial charge in [-0.1, -0.05) is 0 Å². The molecule has 9 heteroatoms. The molecule has 120 valence electrons. The highest BCUT2D eigenvalue weighted by Gasteiger charge is 2.30. The molecule has 1 atom stereocenters. The van der Waals surface area contributed by atoms with Gasteiger partial charge in [-0.15, -0.1) is 0 Å². The van der Waals surface area contributed by atoms with Gasteiger partial charge in [-0.2, -0.15) is 13.2 Å². The number of nitrogens with one attached hydrogen (secondary N) is 1. The number of aliphatic carboxylic acids is 1. The summed E-state index contributed by atoms with van der Waals surface area (Å²) in [5.41, 5.74) is 3.84. The second-order valence-corrected chi connectivity index (χ2v) is 4.44. The lowest BCUT2D eigenvalue weighted by atomic mass is 10.1. The van der Waals surface area contributed by atoms with E-state index in [-0.39, 0.29) is 18.4 Å². The number of primary amides is 1. The first kappa shape index (κ1) is 17.5. The van der Waals surface area contributed by atoms with E-state index in [0.29, 0.717) is 12.1 Å². The largest absolute Gasteiger partial charge is 0.480 e. The normalized spacial score (nSPS) is 12.5. The van der Waals surface area contributed by atoms with Crippen molar-refractivity contribution >= 4 is 17.8 Å². The predicted octanol–water partition coefficient (Wildman–Crippen LogP) is 1.15. The first-order chi connectivity index (χ1) is 10.1. The van der Waals surface area contributed by atoms with Gasteiger partial charge in [0.15, 0.2) is 0 Å². The van der Waals surface area contributed by atoms with Gasteiger partial charge in [0.2, 0.25) is 5.91 Å². The Labute approximate surface area is 123 Å². The third kappa shape index (κ3) is 5.08. The van der Waals surface area contributed by atoms with E-state index in [1.165, 1.54) is 0 Å². The Bertz CT molecular complexity index is 570. The number of hydrogen-bond acceptors (Lipinski definition) is 3. The Morgan fingerprint density at radius 3 is 2.14 bits per heavy atom. The Hall–Kier alpha value is -2.58. The van der Waals surface area contributed by atoms with Gasteiger partial charge in [0.05, 0.1) is 5.56 Å². The quantitative estimate of drug-likeness (QED) is 0.731. The fourth-order valence-corrected chi connectivity index (χ4v) is 1.60. The van der Waals surface area contributed by atoms with Crippen LogP contribution in [0.4, 0.5) is 13.2 Å². The Morgan fingerprint density at radius 2 is 1.73 bits per heavy atom. The van der Waals surface area contributed by atoms with Gasteiger partial charge in [-0.3, -0.25) is 9.59 Å². The Balaban J connectivity index is 2.77. The Morgan fingerprint density at radius 1 is 1.18 bits per heavy atom. The van der Waals surface area contributed by atoms with Crippen molar-refractivity contribution in [1.29, 1.82) is 0 Å². The summed E-state index contributed by atoms with van der Waals surface area (Å²) in [7, 11) is 0. The standard InChI is InChI=1S/C13H13F3N2O4/c14-13(15,16)8-3-1-7(2-4-8)11(20)18-9(12(21)22)5-6-10(17)19/h1-4,9H,5-6H2,(H2,17,19)(H,18,20)(H,21,22). The smallest absolute Gasteiger partial charge is 0.416 e. The lowest BCUT2D eigenvalue weighted by molar-refractivity contribution is -0.139. The van der Waals surface area contributed by atoms with Crippen molar-refractivity contribution in [3.8, 4) is 0 Å². The number of amides is 2. The number of benzene rings is 1. The van der Waals surface area contributed by atoms with E-state index in [0.717, 1.165) is 12.1 Å². The van der Waals surface area contributed by atoms with Gasteiger partial charge in [0, 0.05) is 12.0 Å². The van der Waals surface area contributed by atoms with E-state index in [1.54, 1.807) is 0 Å². The van der Waals surface area contributed by atoms with Crippen LogP contribution in [0.5, 0.6) is 0 Å². The molecule has 0 fully saturated rings. The zero-order valence-electron chi connectivity index (χ0n) is 11.2. The molecule has 0 saturated carbocycles. The average Bonchev–Trinajstić information content (AvgIpc) is 2.41. The van der Waals surface area contributed by atoms with Crippen LogP contribution in [-0.2, 0) is 15.8 Å². The van der Waals surface area contributed by atoms with Crippen molar-refractivity contribution in [3.63, 3.8) is 0 Å². The molecule has 1 aromatic rings. The molecule has 0 aliphatic rings. The molecule has 4 N–H and O–H groups in total. The molecule has 0 aliphatic carbocycles. The molecule has 0 aliphatic heterocycles. The second kappa shape index (κ2) is 6.92. The van der Waals surface area contributed by atoms with Crippen LogP contribution in [0.15, 0.2) is 24.3 Å². The zero-order valence-corrected chi connectivity index (χ0v) is 11.2. The molecule has 0 heterocycles. The molecular formula is C13H13F3N2O4. The summed E-state index contributed by atoms with van der Waals surface area (Å²) in [4.78, 5) is 33.4. The lowest BCUT2D eigenvalue weighted by Gasteiger charge is -2.14. The van der Waals surface area contributed by atoms with Gasteiger partial charge < -0.3 is 16.2 Å². The van der Waals surface area contributed by atoms with E-state index >= 15 is 0 Å². The molecule has 6 nitrogen and oxygen atoms in total. The number of rotatable bonds is 6. The summed E-state index contributed by atoms with van der Waals surface area (Å²) in [6.07, 6.45) is -4.98. The van der Waals surface area contributed by atoms with Gasteiger partial charge in [0.25, 0.3) is 5.91 Å². The summed E-state index contributed by atoms with van der Waals surface area (Å²) in [6.45, 7) is 0. The highest BCUT2D eigenvalue weighted by atomic mass is 19.4. The van der Waals surface area contributed by atoms with Crippen LogP contribution in [0.3, 0.4) is 0 Å². The van der Waals surface area contributed by atoms with E-state index < -0.39 is 35.6 Å². The van der Waals surface area contributed by atoms with Crippen molar-refractivity contribution in [2.24, 2.45) is 5.73 Å². The summed E-state index contributed by atoms with van der Waals surface area (Å²) in [6, 6.07) is 1.95. The number of halogens is 3. The maximum Gasteiger partial charge on any atom is 0.416 e. The van der Waals surface area contributed by atoms with Crippen LogP contribution in [0, 0.1) is 0 Å². The third-order valence-electron chi connectivity index (χ3n) is 2.76. The first-order valence-corrected chi connectivity index (χ1v) is 6.10. The van der Waals surface area contributed by atoms with Crippen molar-refractivity contribution in [3.05, 3.63) is 35.4 Å². The third-order valence-corrected chi connectivity index (χ3v) is 2.76. The Kier molecular flexibility index (Phi) is 5.50. The zero-order chi connectivity index (χ0) is 16.9. The van der Waals surface area contributed by atoms with Crippen LogP contribution in [0.2, 0.25) is 0 Å². The minimum absolute atomic E-state index is 0.127. The molecule has 1 rings (SSSR count). The maximum absolute atomic E-state index is 12.4. The fraction of sp³-hybridized carbons (Fsp3) is 0.308. The number of carbonyl (C=O) groups is 3. The monoisotopic (exact) mass is 318 g/mol. The maximum atomic E-state index is 12.4. The number of carbonyl (C=O) groups excluding carboxylic acids is 2. The van der Waals surface area contributed by atoms with E-state index in [2.05, 4.69) is 5.32 Å². The van der Waals surface area contributed by atoms with Crippen molar-refractivity contribution < 1.29 is 32.7 Å². The van der Waals surface area contributed by atoms with Gasteiger partial charge in [0.1, 0.15) is 6.04 Å². The highest BCUT2D eigenvalue weighted by molar-refractivity contribution is 5.96.